The molecule has 1 aliphatic heterocycles. The lowest BCUT2D eigenvalue weighted by Crippen LogP contribution is -2.44. The van der Waals surface area contributed by atoms with Crippen LogP contribution in [-0.4, -0.2) is 48.8 Å². The Bertz CT molecular complexity index is 718. The summed E-state index contributed by atoms with van der Waals surface area (Å²) in [7, 11) is 1.18. The molecular formula is C16H17NO9. The van der Waals surface area contributed by atoms with Gasteiger partial charge < -0.3 is 18.9 Å². The monoisotopic (exact) mass is 367 g/mol. The number of methoxy groups -OCH3 is 1. The molecule has 2 rings (SSSR count). The number of nitro benzene ring substituents is 1. The zero-order chi connectivity index (χ0) is 19.3. The van der Waals surface area contributed by atoms with Gasteiger partial charge in [0.25, 0.3) is 0 Å². The van der Waals surface area contributed by atoms with Crippen molar-refractivity contribution >= 4 is 23.9 Å². The summed E-state index contributed by atoms with van der Waals surface area (Å²) in [5.41, 5.74) is -0.318. The first-order valence-electron chi connectivity index (χ1n) is 7.64. The molecule has 10 nitrogen and oxygen atoms in total. The van der Waals surface area contributed by atoms with Crippen molar-refractivity contribution < 1.29 is 38.3 Å². The molecule has 1 saturated heterocycles. The third-order valence-corrected chi connectivity index (χ3v) is 3.62. The Labute approximate surface area is 148 Å². The molecule has 0 bridgehead atoms. The molecule has 1 aliphatic rings. The maximum Gasteiger partial charge on any atom is 0.335 e. The third-order valence-electron chi connectivity index (χ3n) is 3.62. The number of aldehydes is 1. The summed E-state index contributed by atoms with van der Waals surface area (Å²) in [4.78, 5) is 44.2. The standard InChI is InChI=1S/C16H17NO9/c1-9(19)24-11-6-14(16(20)23-2)26-15(7-11)25-13-4-3-10(8-18)5-12(13)17(21)22/h3-5,8,11,14-15H,6-7H2,1-2H3/t11-,14-,15+/m0/s1. The van der Waals surface area contributed by atoms with Crippen LogP contribution in [0.4, 0.5) is 5.69 Å². The van der Waals surface area contributed by atoms with Crippen molar-refractivity contribution in [2.75, 3.05) is 7.11 Å². The van der Waals surface area contributed by atoms with Crippen LogP contribution < -0.4 is 4.74 Å². The first-order valence-corrected chi connectivity index (χ1v) is 7.64. The highest BCUT2D eigenvalue weighted by molar-refractivity contribution is 5.77. The zero-order valence-electron chi connectivity index (χ0n) is 14.1. The van der Waals surface area contributed by atoms with Crippen LogP contribution in [0.2, 0.25) is 0 Å². The van der Waals surface area contributed by atoms with Gasteiger partial charge in [-0.1, -0.05) is 0 Å². The van der Waals surface area contributed by atoms with Crippen molar-refractivity contribution in [3.63, 3.8) is 0 Å². The van der Waals surface area contributed by atoms with E-state index in [0.29, 0.717) is 6.29 Å². The highest BCUT2D eigenvalue weighted by Crippen LogP contribution is 2.32. The number of ether oxygens (including phenoxy) is 4. The minimum Gasteiger partial charge on any atom is -0.467 e. The Morgan fingerprint density at radius 3 is 2.65 bits per heavy atom. The second kappa shape index (κ2) is 8.39. The first-order chi connectivity index (χ1) is 12.3. The van der Waals surface area contributed by atoms with E-state index in [0.717, 1.165) is 6.07 Å². The Morgan fingerprint density at radius 2 is 2.08 bits per heavy atom. The number of nitrogens with zero attached hydrogens (tertiary/aromatic N) is 1. The van der Waals surface area contributed by atoms with Gasteiger partial charge in [0, 0.05) is 31.4 Å². The molecule has 0 saturated carbocycles. The molecule has 0 spiro atoms. The van der Waals surface area contributed by atoms with E-state index in [4.69, 9.17) is 14.2 Å². The Balaban J connectivity index is 2.23. The van der Waals surface area contributed by atoms with Crippen molar-refractivity contribution in [1.82, 2.24) is 0 Å². The topological polar surface area (TPSA) is 131 Å². The molecule has 1 fully saturated rings. The molecule has 0 amide bonds. The second-order valence-corrected chi connectivity index (χ2v) is 5.50. The molecule has 0 unspecified atom stereocenters. The summed E-state index contributed by atoms with van der Waals surface area (Å²) in [6.45, 7) is 1.22. The van der Waals surface area contributed by atoms with Crippen LogP contribution in [0.15, 0.2) is 18.2 Å². The van der Waals surface area contributed by atoms with Crippen LogP contribution in [0, 0.1) is 10.1 Å². The molecule has 0 N–H and O–H groups in total. The normalized spacial score (nSPS) is 22.2. The van der Waals surface area contributed by atoms with Gasteiger partial charge in [-0.05, 0) is 12.1 Å². The Hall–Kier alpha value is -3.01. The van der Waals surface area contributed by atoms with E-state index in [1.807, 2.05) is 0 Å². The average Bonchev–Trinajstić information content (AvgIpc) is 2.60. The molecule has 10 heteroatoms. The van der Waals surface area contributed by atoms with Gasteiger partial charge in [0.1, 0.15) is 12.4 Å². The van der Waals surface area contributed by atoms with Crippen molar-refractivity contribution in [2.45, 2.75) is 38.3 Å². The van der Waals surface area contributed by atoms with Crippen molar-refractivity contribution in [3.8, 4) is 5.75 Å². The largest absolute Gasteiger partial charge is 0.467 e. The SMILES string of the molecule is COC(=O)[C@@H]1C[C@H](OC(C)=O)C[C@H](Oc2ccc(C=O)cc2[N+](=O)[O-])O1. The minimum atomic E-state index is -1.09. The number of hydrogen-bond donors (Lipinski definition) is 0. The lowest BCUT2D eigenvalue weighted by molar-refractivity contribution is -0.386. The average molecular weight is 367 g/mol. The maximum atomic E-state index is 11.8. The number of benzene rings is 1. The molecular weight excluding hydrogens is 350 g/mol. The number of rotatable bonds is 6. The van der Waals surface area contributed by atoms with Crippen molar-refractivity contribution in [3.05, 3.63) is 33.9 Å². The number of hydrogen-bond acceptors (Lipinski definition) is 9. The quantitative estimate of drug-likeness (QED) is 0.317. The van der Waals surface area contributed by atoms with Gasteiger partial charge in [0.15, 0.2) is 11.9 Å². The van der Waals surface area contributed by atoms with E-state index in [1.54, 1.807) is 0 Å². The number of carbonyl (C=O) groups is 3. The van der Waals surface area contributed by atoms with Crippen LogP contribution >= 0.6 is 0 Å². The predicted octanol–water partition coefficient (Wildman–Crippen LogP) is 1.40. The second-order valence-electron chi connectivity index (χ2n) is 5.50. The van der Waals surface area contributed by atoms with Crippen LogP contribution in [0.1, 0.15) is 30.1 Å². The summed E-state index contributed by atoms with van der Waals surface area (Å²) in [5, 5.41) is 11.2. The van der Waals surface area contributed by atoms with E-state index in [-0.39, 0.29) is 24.2 Å². The summed E-state index contributed by atoms with van der Waals surface area (Å²) >= 11 is 0. The molecule has 1 aromatic rings. The predicted molar refractivity (Wildman–Crippen MR) is 84.6 cm³/mol. The van der Waals surface area contributed by atoms with Crippen LogP contribution in [-0.2, 0) is 23.8 Å². The van der Waals surface area contributed by atoms with E-state index >= 15 is 0 Å². The van der Waals surface area contributed by atoms with E-state index in [1.165, 1.54) is 26.2 Å². The molecule has 0 aliphatic carbocycles. The van der Waals surface area contributed by atoms with Gasteiger partial charge >= 0.3 is 17.6 Å². The Kier molecular flexibility index (Phi) is 6.23. The van der Waals surface area contributed by atoms with Gasteiger partial charge in [-0.15, -0.1) is 0 Å². The third kappa shape index (κ3) is 4.76. The van der Waals surface area contributed by atoms with E-state index < -0.39 is 41.0 Å². The molecule has 1 aromatic carbocycles. The summed E-state index contributed by atoms with van der Waals surface area (Å²) in [5.74, 6) is -1.36. The van der Waals surface area contributed by atoms with Crippen molar-refractivity contribution in [1.29, 1.82) is 0 Å². The lowest BCUT2D eigenvalue weighted by Gasteiger charge is -2.33. The highest BCUT2D eigenvalue weighted by atomic mass is 16.7. The smallest absolute Gasteiger partial charge is 0.335 e. The number of carbonyl (C=O) groups excluding carboxylic acids is 3. The molecule has 140 valence electrons. The fourth-order valence-electron chi connectivity index (χ4n) is 2.53. The number of esters is 2. The molecule has 3 atom stereocenters. The van der Waals surface area contributed by atoms with Gasteiger partial charge in [0.05, 0.1) is 12.0 Å². The van der Waals surface area contributed by atoms with Gasteiger partial charge in [-0.3, -0.25) is 19.7 Å². The van der Waals surface area contributed by atoms with Crippen LogP contribution in [0.3, 0.4) is 0 Å². The molecule has 26 heavy (non-hydrogen) atoms. The zero-order valence-corrected chi connectivity index (χ0v) is 14.1. The molecule has 0 radical (unpaired) electrons. The molecule has 0 aromatic heterocycles. The Morgan fingerprint density at radius 1 is 1.35 bits per heavy atom. The number of nitro groups is 1. The van der Waals surface area contributed by atoms with Crippen LogP contribution in [0.5, 0.6) is 5.75 Å². The van der Waals surface area contributed by atoms with Gasteiger partial charge in [-0.25, -0.2) is 4.79 Å². The maximum absolute atomic E-state index is 11.8. The summed E-state index contributed by atoms with van der Waals surface area (Å²) < 4.78 is 20.7. The first kappa shape index (κ1) is 19.3. The van der Waals surface area contributed by atoms with Gasteiger partial charge in [-0.2, -0.15) is 0 Å². The minimum absolute atomic E-state index is 0.0691. The fourth-order valence-corrected chi connectivity index (χ4v) is 2.53. The fraction of sp³-hybridized carbons (Fsp3) is 0.438. The van der Waals surface area contributed by atoms with Gasteiger partial charge in [0.2, 0.25) is 6.29 Å². The van der Waals surface area contributed by atoms with Crippen LogP contribution in [0.25, 0.3) is 0 Å². The highest BCUT2D eigenvalue weighted by Gasteiger charge is 2.37. The lowest BCUT2D eigenvalue weighted by atomic mass is 10.0. The van der Waals surface area contributed by atoms with E-state index in [9.17, 15) is 24.5 Å². The van der Waals surface area contributed by atoms with E-state index in [2.05, 4.69) is 4.74 Å². The summed E-state index contributed by atoms with van der Waals surface area (Å²) in [6, 6.07) is 3.67. The van der Waals surface area contributed by atoms with Crippen molar-refractivity contribution in [2.24, 2.45) is 0 Å². The summed E-state index contributed by atoms with van der Waals surface area (Å²) in [6.07, 6.45) is -2.19. The molecule has 1 heterocycles.